The summed E-state index contributed by atoms with van der Waals surface area (Å²) in [5.74, 6) is 0. The lowest BCUT2D eigenvalue weighted by Gasteiger charge is -2.04. The number of rotatable bonds is 3. The minimum absolute atomic E-state index is 0.0756. The van der Waals surface area contributed by atoms with Crippen LogP contribution in [0.3, 0.4) is 0 Å². The van der Waals surface area contributed by atoms with E-state index < -0.39 is 0 Å². The molecule has 0 aliphatic heterocycles. The number of hydrogen-bond donors (Lipinski definition) is 1. The summed E-state index contributed by atoms with van der Waals surface area (Å²) in [6.45, 7) is 2.60. The molecule has 0 radical (unpaired) electrons. The molecule has 1 aromatic heterocycles. The summed E-state index contributed by atoms with van der Waals surface area (Å²) in [6.07, 6.45) is 4.22. The van der Waals surface area contributed by atoms with Gasteiger partial charge in [-0.25, -0.2) is 0 Å². The maximum atomic E-state index is 11.1. The van der Waals surface area contributed by atoms with Crippen molar-refractivity contribution in [3.05, 3.63) is 34.2 Å². The van der Waals surface area contributed by atoms with Gasteiger partial charge in [-0.15, -0.1) is 0 Å². The third-order valence-corrected chi connectivity index (χ3v) is 1.79. The molecule has 1 N–H and O–H groups in total. The average molecular weight is 167 g/mol. The monoisotopic (exact) mass is 167 g/mol. The first-order valence-corrected chi connectivity index (χ1v) is 4.07. The molecule has 66 valence electrons. The Bertz CT molecular complexity index is 304. The van der Waals surface area contributed by atoms with Crippen LogP contribution in [0.1, 0.15) is 12.5 Å². The molecule has 0 aliphatic carbocycles. The van der Waals surface area contributed by atoms with Gasteiger partial charge in [0.25, 0.3) is 0 Å². The second kappa shape index (κ2) is 4.07. The van der Waals surface area contributed by atoms with Crippen LogP contribution in [0, 0.1) is 0 Å². The fourth-order valence-electron chi connectivity index (χ4n) is 1.10. The van der Waals surface area contributed by atoms with E-state index in [0.717, 1.165) is 12.0 Å². The third-order valence-electron chi connectivity index (χ3n) is 1.79. The van der Waals surface area contributed by atoms with Gasteiger partial charge in [0.2, 0.25) is 0 Å². The number of aromatic nitrogens is 1. The Morgan fingerprint density at radius 1 is 1.58 bits per heavy atom. The summed E-state index contributed by atoms with van der Waals surface area (Å²) in [4.78, 5) is 11.1. The van der Waals surface area contributed by atoms with Crippen molar-refractivity contribution in [2.45, 2.75) is 19.9 Å². The van der Waals surface area contributed by atoms with Crippen molar-refractivity contribution in [1.82, 2.24) is 4.57 Å². The molecule has 0 saturated carbocycles. The smallest absolute Gasteiger partial charge is 0.184 e. The van der Waals surface area contributed by atoms with Crippen molar-refractivity contribution in [1.29, 1.82) is 0 Å². The highest BCUT2D eigenvalue weighted by Crippen LogP contribution is 1.93. The van der Waals surface area contributed by atoms with E-state index in [-0.39, 0.29) is 12.0 Å². The summed E-state index contributed by atoms with van der Waals surface area (Å²) in [5, 5.41) is 8.65. The molecule has 0 amide bonds. The minimum Gasteiger partial charge on any atom is -0.395 e. The number of hydrogen-bond acceptors (Lipinski definition) is 2. The van der Waals surface area contributed by atoms with Crippen LogP contribution >= 0.6 is 0 Å². The van der Waals surface area contributed by atoms with Crippen LogP contribution in [0.2, 0.25) is 0 Å². The summed E-state index contributed by atoms with van der Waals surface area (Å²) >= 11 is 0. The Balaban J connectivity index is 2.97. The molecule has 0 unspecified atom stereocenters. The summed E-state index contributed by atoms with van der Waals surface area (Å²) in [5.41, 5.74) is 0.873. The lowest BCUT2D eigenvalue weighted by Crippen LogP contribution is -2.12. The van der Waals surface area contributed by atoms with Crippen LogP contribution in [0.15, 0.2) is 23.3 Å². The molecule has 1 aromatic rings. The normalized spacial score (nSPS) is 10.2. The molecule has 3 heteroatoms. The van der Waals surface area contributed by atoms with Crippen molar-refractivity contribution in [3.8, 4) is 0 Å². The van der Waals surface area contributed by atoms with Crippen molar-refractivity contribution in [3.63, 3.8) is 0 Å². The molecule has 12 heavy (non-hydrogen) atoms. The highest BCUT2D eigenvalue weighted by Gasteiger charge is 1.96. The SMILES string of the molecule is CCc1cn(CCO)ccc1=O. The molecular formula is C9H13NO2. The van der Waals surface area contributed by atoms with E-state index in [1.54, 1.807) is 12.4 Å². The highest BCUT2D eigenvalue weighted by atomic mass is 16.3. The van der Waals surface area contributed by atoms with Gasteiger partial charge in [-0.2, -0.15) is 0 Å². The molecule has 1 rings (SSSR count). The summed E-state index contributed by atoms with van der Waals surface area (Å²) in [6, 6.07) is 1.54. The topological polar surface area (TPSA) is 42.2 Å². The Morgan fingerprint density at radius 3 is 2.92 bits per heavy atom. The van der Waals surface area contributed by atoms with E-state index in [4.69, 9.17) is 5.11 Å². The van der Waals surface area contributed by atoms with Gasteiger partial charge in [-0.05, 0) is 6.42 Å². The van der Waals surface area contributed by atoms with Gasteiger partial charge < -0.3 is 9.67 Å². The fraction of sp³-hybridized carbons (Fsp3) is 0.444. The van der Waals surface area contributed by atoms with E-state index in [1.165, 1.54) is 6.07 Å². The van der Waals surface area contributed by atoms with Crippen LogP contribution < -0.4 is 5.43 Å². The van der Waals surface area contributed by atoms with Crippen LogP contribution in [0.4, 0.5) is 0 Å². The Kier molecular flexibility index (Phi) is 3.05. The predicted molar refractivity (Wildman–Crippen MR) is 47.2 cm³/mol. The second-order valence-corrected chi connectivity index (χ2v) is 2.65. The van der Waals surface area contributed by atoms with Gasteiger partial charge in [0, 0.05) is 30.6 Å². The highest BCUT2D eigenvalue weighted by molar-refractivity contribution is 5.09. The second-order valence-electron chi connectivity index (χ2n) is 2.65. The average Bonchev–Trinajstić information content (AvgIpc) is 2.09. The van der Waals surface area contributed by atoms with Gasteiger partial charge in [-0.1, -0.05) is 6.92 Å². The number of aliphatic hydroxyl groups excluding tert-OH is 1. The Morgan fingerprint density at radius 2 is 2.33 bits per heavy atom. The third kappa shape index (κ3) is 1.95. The van der Waals surface area contributed by atoms with Crippen molar-refractivity contribution in [2.24, 2.45) is 0 Å². The largest absolute Gasteiger partial charge is 0.395 e. The quantitative estimate of drug-likeness (QED) is 0.708. The molecule has 0 aliphatic rings. The van der Waals surface area contributed by atoms with Gasteiger partial charge in [0.05, 0.1) is 6.61 Å². The predicted octanol–water partition coefficient (Wildman–Crippen LogP) is 0.403. The first kappa shape index (κ1) is 9.00. The lowest BCUT2D eigenvalue weighted by molar-refractivity contribution is 0.275. The zero-order valence-electron chi connectivity index (χ0n) is 7.16. The Labute approximate surface area is 71.3 Å². The van der Waals surface area contributed by atoms with Gasteiger partial charge in [0.15, 0.2) is 5.43 Å². The first-order valence-electron chi connectivity index (χ1n) is 4.07. The molecule has 0 spiro atoms. The molecule has 0 atom stereocenters. The molecule has 1 heterocycles. The molecule has 0 fully saturated rings. The molecule has 3 nitrogen and oxygen atoms in total. The van der Waals surface area contributed by atoms with Crippen LogP contribution in [-0.4, -0.2) is 16.3 Å². The van der Waals surface area contributed by atoms with Crippen LogP contribution in [-0.2, 0) is 13.0 Å². The van der Waals surface area contributed by atoms with E-state index >= 15 is 0 Å². The number of aliphatic hydroxyl groups is 1. The zero-order chi connectivity index (χ0) is 8.97. The van der Waals surface area contributed by atoms with Crippen molar-refractivity contribution >= 4 is 0 Å². The zero-order valence-corrected chi connectivity index (χ0v) is 7.16. The van der Waals surface area contributed by atoms with E-state index in [2.05, 4.69) is 0 Å². The summed E-state index contributed by atoms with van der Waals surface area (Å²) < 4.78 is 1.82. The number of pyridine rings is 1. The summed E-state index contributed by atoms with van der Waals surface area (Å²) in [7, 11) is 0. The van der Waals surface area contributed by atoms with Gasteiger partial charge in [-0.3, -0.25) is 4.79 Å². The number of aryl methyl sites for hydroxylation is 1. The van der Waals surface area contributed by atoms with Crippen molar-refractivity contribution < 1.29 is 5.11 Å². The fourth-order valence-corrected chi connectivity index (χ4v) is 1.10. The van der Waals surface area contributed by atoms with E-state index in [0.29, 0.717) is 6.54 Å². The maximum Gasteiger partial charge on any atom is 0.184 e. The molecule has 0 bridgehead atoms. The lowest BCUT2D eigenvalue weighted by atomic mass is 10.2. The van der Waals surface area contributed by atoms with Crippen molar-refractivity contribution in [2.75, 3.05) is 6.61 Å². The maximum absolute atomic E-state index is 11.1. The standard InChI is InChI=1S/C9H13NO2/c1-2-8-7-10(5-6-11)4-3-9(8)12/h3-4,7,11H,2,5-6H2,1H3. The molecule has 0 saturated heterocycles. The van der Waals surface area contributed by atoms with Crippen LogP contribution in [0.5, 0.6) is 0 Å². The first-order chi connectivity index (χ1) is 5.77. The van der Waals surface area contributed by atoms with E-state index in [1.807, 2.05) is 11.5 Å². The van der Waals surface area contributed by atoms with E-state index in [9.17, 15) is 4.79 Å². The van der Waals surface area contributed by atoms with Crippen LogP contribution in [0.25, 0.3) is 0 Å². The molecular weight excluding hydrogens is 154 g/mol. The number of nitrogens with zero attached hydrogens (tertiary/aromatic N) is 1. The van der Waals surface area contributed by atoms with Gasteiger partial charge >= 0.3 is 0 Å². The van der Waals surface area contributed by atoms with Gasteiger partial charge in [0.1, 0.15) is 0 Å². The Hall–Kier alpha value is -1.09. The minimum atomic E-state index is 0.0756. The molecule has 0 aromatic carbocycles.